The molecule has 0 bridgehead atoms. The van der Waals surface area contributed by atoms with Gasteiger partial charge in [0.15, 0.2) is 0 Å². The second-order valence-corrected chi connectivity index (χ2v) is 8.31. The molecule has 0 aliphatic heterocycles. The predicted molar refractivity (Wildman–Crippen MR) is 108 cm³/mol. The molecule has 0 radical (unpaired) electrons. The van der Waals surface area contributed by atoms with Crippen LogP contribution in [0.4, 0.5) is 5.69 Å². The first-order valence-corrected chi connectivity index (χ1v) is 10.5. The smallest absolute Gasteiger partial charge is 0.143 e. The van der Waals surface area contributed by atoms with Crippen LogP contribution in [-0.4, -0.2) is 26.6 Å². The van der Waals surface area contributed by atoms with Crippen LogP contribution < -0.4 is 10.1 Å². The molecule has 0 aliphatic carbocycles. The lowest BCUT2D eigenvalue weighted by molar-refractivity contribution is 0.260. The van der Waals surface area contributed by atoms with E-state index < -0.39 is 7.34 Å². The van der Waals surface area contributed by atoms with Crippen molar-refractivity contribution in [2.45, 2.75) is 19.6 Å². The lowest BCUT2D eigenvalue weighted by Gasteiger charge is -2.33. The van der Waals surface area contributed by atoms with Gasteiger partial charge in [0.25, 0.3) is 0 Å². The SMILES string of the molecule is C=P(OCC)(OCC)C(Nc1ccc(Cl)cc1)c1ccc(OC)cc1. The Morgan fingerprint density at radius 2 is 1.56 bits per heavy atom. The molecule has 1 N–H and O–H groups in total. The number of anilines is 1. The van der Waals surface area contributed by atoms with Crippen LogP contribution in [0.2, 0.25) is 5.02 Å². The summed E-state index contributed by atoms with van der Waals surface area (Å²) < 4.78 is 17.3. The highest BCUT2D eigenvalue weighted by Gasteiger charge is 2.29. The third kappa shape index (κ3) is 5.26. The Hall–Kier alpha value is -1.45. The molecule has 6 heteroatoms. The quantitative estimate of drug-likeness (QED) is 0.556. The Morgan fingerprint density at radius 3 is 2.04 bits per heavy atom. The minimum absolute atomic E-state index is 0.209. The second kappa shape index (κ2) is 9.30. The maximum absolute atomic E-state index is 6.00. The molecule has 0 heterocycles. The summed E-state index contributed by atoms with van der Waals surface area (Å²) in [5, 5.41) is 4.20. The molecular weight excluding hydrogens is 357 g/mol. The molecule has 2 rings (SSSR count). The highest BCUT2D eigenvalue weighted by atomic mass is 35.5. The summed E-state index contributed by atoms with van der Waals surface area (Å²) >= 11 is 5.99. The summed E-state index contributed by atoms with van der Waals surface area (Å²) in [6.07, 6.45) is 4.33. The fourth-order valence-electron chi connectivity index (χ4n) is 2.52. The molecule has 0 saturated carbocycles. The first kappa shape index (κ1) is 19.9. The molecule has 25 heavy (non-hydrogen) atoms. The van der Waals surface area contributed by atoms with Gasteiger partial charge in [-0.15, -0.1) is 0 Å². The standard InChI is InChI=1S/C19H25ClNO3P/c1-5-23-25(4,24-6-2)19(15-7-13-18(22-3)14-8-15)21-17-11-9-16(20)10-12-17/h7-14,19,21H,4-6H2,1-3H3. The van der Waals surface area contributed by atoms with Crippen molar-refractivity contribution < 1.29 is 13.8 Å². The highest BCUT2D eigenvalue weighted by Crippen LogP contribution is 2.60. The van der Waals surface area contributed by atoms with Gasteiger partial charge in [-0.05, 0) is 62.1 Å². The molecule has 0 fully saturated rings. The molecule has 4 nitrogen and oxygen atoms in total. The van der Waals surface area contributed by atoms with Crippen molar-refractivity contribution >= 4 is 30.9 Å². The second-order valence-electron chi connectivity index (χ2n) is 5.39. The molecule has 0 spiro atoms. The Bertz CT molecular complexity index is 694. The van der Waals surface area contributed by atoms with Gasteiger partial charge >= 0.3 is 0 Å². The number of ether oxygens (including phenoxy) is 1. The van der Waals surface area contributed by atoms with Crippen LogP contribution in [-0.2, 0) is 9.05 Å². The number of hydrogen-bond acceptors (Lipinski definition) is 4. The zero-order chi connectivity index (χ0) is 18.3. The third-order valence-corrected chi connectivity index (χ3v) is 6.52. The van der Waals surface area contributed by atoms with Crippen molar-refractivity contribution in [3.05, 3.63) is 59.1 Å². The van der Waals surface area contributed by atoms with Crippen LogP contribution in [0.25, 0.3) is 0 Å². The number of rotatable bonds is 9. The maximum atomic E-state index is 6.00. The molecule has 2 aromatic rings. The van der Waals surface area contributed by atoms with Crippen LogP contribution >= 0.6 is 18.9 Å². The van der Waals surface area contributed by atoms with E-state index in [0.29, 0.717) is 18.2 Å². The fourth-order valence-corrected chi connectivity index (χ4v) is 4.87. The average molecular weight is 382 g/mol. The van der Waals surface area contributed by atoms with E-state index in [1.165, 1.54) is 0 Å². The van der Waals surface area contributed by atoms with Gasteiger partial charge in [0.05, 0.1) is 20.3 Å². The highest BCUT2D eigenvalue weighted by molar-refractivity contribution is 7.64. The van der Waals surface area contributed by atoms with Gasteiger partial charge in [-0.1, -0.05) is 23.7 Å². The van der Waals surface area contributed by atoms with Gasteiger partial charge < -0.3 is 19.1 Å². The first-order chi connectivity index (χ1) is 12.0. The Morgan fingerprint density at radius 1 is 1.00 bits per heavy atom. The summed E-state index contributed by atoms with van der Waals surface area (Å²) in [7, 11) is -0.787. The van der Waals surface area contributed by atoms with Crippen molar-refractivity contribution in [3.63, 3.8) is 0 Å². The zero-order valence-corrected chi connectivity index (χ0v) is 16.5. The topological polar surface area (TPSA) is 39.7 Å². The molecule has 2 aromatic carbocycles. The van der Waals surface area contributed by atoms with E-state index in [4.69, 9.17) is 25.4 Å². The zero-order valence-electron chi connectivity index (χ0n) is 14.9. The summed E-state index contributed by atoms with van der Waals surface area (Å²) in [5.74, 6) is 0.592. The van der Waals surface area contributed by atoms with Crippen molar-refractivity contribution in [2.24, 2.45) is 0 Å². The molecule has 0 saturated heterocycles. The minimum Gasteiger partial charge on any atom is -0.497 e. The predicted octanol–water partition coefficient (Wildman–Crippen LogP) is 5.81. The number of nitrogens with one attached hydrogen (secondary N) is 1. The van der Waals surface area contributed by atoms with Gasteiger partial charge in [-0.2, -0.15) is 0 Å². The monoisotopic (exact) mass is 381 g/mol. The summed E-state index contributed by atoms with van der Waals surface area (Å²) in [6, 6.07) is 15.4. The summed E-state index contributed by atoms with van der Waals surface area (Å²) in [4.78, 5) is 0. The van der Waals surface area contributed by atoms with Crippen LogP contribution in [0.1, 0.15) is 25.2 Å². The minimum atomic E-state index is -2.44. The van der Waals surface area contributed by atoms with Crippen molar-refractivity contribution in [1.82, 2.24) is 0 Å². The van der Waals surface area contributed by atoms with E-state index >= 15 is 0 Å². The van der Waals surface area contributed by atoms with Crippen molar-refractivity contribution in [2.75, 3.05) is 25.6 Å². The Labute approximate surface area is 155 Å². The lowest BCUT2D eigenvalue weighted by Crippen LogP contribution is -2.15. The van der Waals surface area contributed by atoms with E-state index in [0.717, 1.165) is 17.0 Å². The van der Waals surface area contributed by atoms with Gasteiger partial charge in [-0.25, -0.2) is 0 Å². The van der Waals surface area contributed by atoms with Crippen molar-refractivity contribution in [3.8, 4) is 5.75 Å². The Balaban J connectivity index is 2.41. The van der Waals surface area contributed by atoms with Gasteiger partial charge in [0.1, 0.15) is 18.9 Å². The van der Waals surface area contributed by atoms with Gasteiger partial charge in [0, 0.05) is 10.7 Å². The molecule has 1 atom stereocenters. The number of halogens is 1. The van der Waals surface area contributed by atoms with Crippen LogP contribution in [0.3, 0.4) is 0 Å². The first-order valence-electron chi connectivity index (χ1n) is 8.20. The van der Waals surface area contributed by atoms with Gasteiger partial charge in [0.2, 0.25) is 0 Å². The molecule has 136 valence electrons. The van der Waals surface area contributed by atoms with Crippen LogP contribution in [0.5, 0.6) is 5.75 Å². The normalized spacial score (nSPS) is 12.6. The summed E-state index contributed by atoms with van der Waals surface area (Å²) in [6.45, 7) is 4.97. The van der Waals surface area contributed by atoms with E-state index in [1.54, 1.807) is 7.11 Å². The van der Waals surface area contributed by atoms with Gasteiger partial charge in [-0.3, -0.25) is 0 Å². The number of hydrogen-bond donors (Lipinski definition) is 1. The van der Waals surface area contributed by atoms with E-state index in [9.17, 15) is 0 Å². The number of benzene rings is 2. The molecule has 0 aromatic heterocycles. The van der Waals surface area contributed by atoms with E-state index in [2.05, 4.69) is 11.6 Å². The third-order valence-electron chi connectivity index (χ3n) is 3.67. The lowest BCUT2D eigenvalue weighted by atomic mass is 10.2. The Kier molecular flexibility index (Phi) is 7.39. The van der Waals surface area contributed by atoms with Crippen molar-refractivity contribution in [1.29, 1.82) is 0 Å². The molecule has 1 unspecified atom stereocenters. The largest absolute Gasteiger partial charge is 0.497 e. The molecule has 0 aliphatic rings. The molecular formula is C19H25ClNO3P. The molecule has 0 amide bonds. The van der Waals surface area contributed by atoms with E-state index in [-0.39, 0.29) is 5.78 Å². The number of methoxy groups -OCH3 is 1. The van der Waals surface area contributed by atoms with Crippen LogP contribution in [0, 0.1) is 0 Å². The van der Waals surface area contributed by atoms with Crippen LogP contribution in [0.15, 0.2) is 48.5 Å². The van der Waals surface area contributed by atoms with E-state index in [1.807, 2.05) is 62.4 Å². The summed E-state index contributed by atoms with van der Waals surface area (Å²) in [5.41, 5.74) is 1.96. The average Bonchev–Trinajstić information content (AvgIpc) is 2.62. The fraction of sp³-hybridized carbons (Fsp3) is 0.316. The maximum Gasteiger partial charge on any atom is 0.143 e.